The van der Waals surface area contributed by atoms with Crippen molar-refractivity contribution in [3.05, 3.63) is 58.4 Å². The standard InChI is InChI=1S/C23H26N2O6/c1-13(9-20(28)24(3)4)31-19-8-6-7-15-11-25(12-16(15)19)23(29)21-18(27)10-17(26)14(2)22(21)30-5/h6-10,26-27H,11-12H2,1-5H3. The highest BCUT2D eigenvalue weighted by Gasteiger charge is 2.31. The number of hydrogen-bond donors (Lipinski definition) is 2. The smallest absolute Gasteiger partial charge is 0.262 e. The molecule has 2 amide bonds. The Kier molecular flexibility index (Phi) is 6.10. The average Bonchev–Trinajstić information content (AvgIpc) is 3.15. The second-order valence-electron chi connectivity index (χ2n) is 7.59. The van der Waals surface area contributed by atoms with Crippen LogP contribution in [0.3, 0.4) is 0 Å². The first kappa shape index (κ1) is 22.0. The molecule has 0 saturated heterocycles. The SMILES string of the molecule is COc1c(C)c(O)cc(O)c1C(=O)N1Cc2cccc(OC(C)=CC(=O)N(C)C)c2C1. The molecule has 2 aromatic rings. The van der Waals surface area contributed by atoms with Crippen LogP contribution in [0.15, 0.2) is 36.1 Å². The molecule has 1 aliphatic heterocycles. The predicted octanol–water partition coefficient (Wildman–Crippen LogP) is 2.94. The number of rotatable bonds is 5. The summed E-state index contributed by atoms with van der Waals surface area (Å²) in [5.41, 5.74) is 2.11. The Morgan fingerprint density at radius 2 is 1.87 bits per heavy atom. The molecule has 0 aliphatic carbocycles. The zero-order valence-electron chi connectivity index (χ0n) is 18.2. The third kappa shape index (κ3) is 4.28. The summed E-state index contributed by atoms with van der Waals surface area (Å²) in [7, 11) is 4.70. The summed E-state index contributed by atoms with van der Waals surface area (Å²) in [4.78, 5) is 28.1. The second-order valence-corrected chi connectivity index (χ2v) is 7.59. The van der Waals surface area contributed by atoms with Crippen molar-refractivity contribution >= 4 is 11.8 Å². The molecule has 0 spiro atoms. The van der Waals surface area contributed by atoms with Crippen LogP contribution < -0.4 is 9.47 Å². The maximum absolute atomic E-state index is 13.2. The lowest BCUT2D eigenvalue weighted by atomic mass is 10.1. The number of allylic oxidation sites excluding steroid dienone is 1. The molecule has 1 heterocycles. The summed E-state index contributed by atoms with van der Waals surface area (Å²) in [6, 6.07) is 6.65. The Bertz CT molecular complexity index is 1070. The number of phenolic OH excluding ortho intramolecular Hbond substituents is 2. The lowest BCUT2D eigenvalue weighted by Crippen LogP contribution is -2.26. The van der Waals surface area contributed by atoms with Gasteiger partial charge in [-0.25, -0.2) is 0 Å². The summed E-state index contributed by atoms with van der Waals surface area (Å²) in [5.74, 6) is 0.0217. The normalized spacial score (nSPS) is 13.1. The Balaban J connectivity index is 1.88. The van der Waals surface area contributed by atoms with Crippen molar-refractivity contribution in [2.24, 2.45) is 0 Å². The van der Waals surface area contributed by atoms with E-state index in [4.69, 9.17) is 9.47 Å². The zero-order valence-corrected chi connectivity index (χ0v) is 18.2. The fraction of sp³-hybridized carbons (Fsp3) is 0.304. The average molecular weight is 426 g/mol. The highest BCUT2D eigenvalue weighted by Crippen LogP contribution is 2.40. The van der Waals surface area contributed by atoms with E-state index in [2.05, 4.69) is 0 Å². The maximum Gasteiger partial charge on any atom is 0.262 e. The number of benzene rings is 2. The molecular formula is C23H26N2O6. The van der Waals surface area contributed by atoms with Gasteiger partial charge >= 0.3 is 0 Å². The van der Waals surface area contributed by atoms with Crippen molar-refractivity contribution in [3.8, 4) is 23.0 Å². The van der Waals surface area contributed by atoms with Crippen LogP contribution in [0.2, 0.25) is 0 Å². The van der Waals surface area contributed by atoms with Crippen LogP contribution in [-0.4, -0.2) is 53.0 Å². The fourth-order valence-corrected chi connectivity index (χ4v) is 3.49. The molecule has 0 saturated carbocycles. The van der Waals surface area contributed by atoms with Gasteiger partial charge in [0.2, 0.25) is 5.91 Å². The fourth-order valence-electron chi connectivity index (χ4n) is 3.49. The van der Waals surface area contributed by atoms with Gasteiger partial charge < -0.3 is 29.5 Å². The molecule has 2 aromatic carbocycles. The van der Waals surface area contributed by atoms with Crippen LogP contribution in [0.25, 0.3) is 0 Å². The number of aromatic hydroxyl groups is 2. The third-order valence-electron chi connectivity index (χ3n) is 5.17. The largest absolute Gasteiger partial charge is 0.507 e. The van der Waals surface area contributed by atoms with Gasteiger partial charge in [0.05, 0.1) is 13.7 Å². The second kappa shape index (κ2) is 8.59. The van der Waals surface area contributed by atoms with Crippen molar-refractivity contribution in [3.63, 3.8) is 0 Å². The molecular weight excluding hydrogens is 400 g/mol. The molecule has 0 fully saturated rings. The number of likely N-dealkylation sites (N-methyl/N-ethyl adjacent to an activating group) is 1. The van der Waals surface area contributed by atoms with Crippen LogP contribution in [0.4, 0.5) is 0 Å². The van der Waals surface area contributed by atoms with Gasteiger partial charge in [0, 0.05) is 43.9 Å². The van der Waals surface area contributed by atoms with E-state index in [9.17, 15) is 19.8 Å². The van der Waals surface area contributed by atoms with Crippen molar-refractivity contribution in [1.82, 2.24) is 9.80 Å². The van der Waals surface area contributed by atoms with E-state index in [0.29, 0.717) is 23.6 Å². The van der Waals surface area contributed by atoms with Gasteiger partial charge in [-0.1, -0.05) is 12.1 Å². The summed E-state index contributed by atoms with van der Waals surface area (Å²) >= 11 is 0. The first-order valence-electron chi connectivity index (χ1n) is 9.71. The highest BCUT2D eigenvalue weighted by molar-refractivity contribution is 6.00. The van der Waals surface area contributed by atoms with Crippen LogP contribution in [0.5, 0.6) is 23.0 Å². The lowest BCUT2D eigenvalue weighted by molar-refractivity contribution is -0.123. The topological polar surface area (TPSA) is 99.5 Å². The monoisotopic (exact) mass is 426 g/mol. The zero-order chi connectivity index (χ0) is 22.9. The summed E-state index contributed by atoms with van der Waals surface area (Å²) in [5, 5.41) is 20.3. The highest BCUT2D eigenvalue weighted by atomic mass is 16.5. The number of carbonyl (C=O) groups excluding carboxylic acids is 2. The minimum atomic E-state index is -0.422. The number of phenols is 2. The summed E-state index contributed by atoms with van der Waals surface area (Å²) < 4.78 is 11.2. The van der Waals surface area contributed by atoms with E-state index in [0.717, 1.165) is 17.2 Å². The molecule has 0 atom stereocenters. The molecule has 3 rings (SSSR count). The number of fused-ring (bicyclic) bond motifs is 1. The Labute approximate surface area is 180 Å². The number of methoxy groups -OCH3 is 1. The number of ether oxygens (including phenoxy) is 2. The quantitative estimate of drug-likeness (QED) is 0.563. The summed E-state index contributed by atoms with van der Waals surface area (Å²) in [6.07, 6.45) is 1.40. The van der Waals surface area contributed by atoms with E-state index in [1.54, 1.807) is 38.9 Å². The first-order valence-corrected chi connectivity index (χ1v) is 9.71. The van der Waals surface area contributed by atoms with Gasteiger partial charge in [0.25, 0.3) is 5.91 Å². The van der Waals surface area contributed by atoms with Gasteiger partial charge in [-0.2, -0.15) is 0 Å². The van der Waals surface area contributed by atoms with E-state index in [1.165, 1.54) is 18.1 Å². The molecule has 1 aliphatic rings. The molecule has 0 unspecified atom stereocenters. The molecule has 164 valence electrons. The van der Waals surface area contributed by atoms with Crippen molar-refractivity contribution in [2.75, 3.05) is 21.2 Å². The summed E-state index contributed by atoms with van der Waals surface area (Å²) in [6.45, 7) is 3.90. The number of carbonyl (C=O) groups is 2. The van der Waals surface area contributed by atoms with Crippen molar-refractivity contribution in [1.29, 1.82) is 0 Å². The van der Waals surface area contributed by atoms with E-state index >= 15 is 0 Å². The third-order valence-corrected chi connectivity index (χ3v) is 5.17. The molecule has 0 bridgehead atoms. The first-order chi connectivity index (χ1) is 14.6. The number of nitrogens with zero attached hydrogens (tertiary/aromatic N) is 2. The van der Waals surface area contributed by atoms with Crippen LogP contribution in [0, 0.1) is 6.92 Å². The van der Waals surface area contributed by atoms with E-state index in [1.807, 2.05) is 12.1 Å². The van der Waals surface area contributed by atoms with Crippen molar-refractivity contribution < 1.29 is 29.3 Å². The van der Waals surface area contributed by atoms with Gasteiger partial charge in [-0.3, -0.25) is 9.59 Å². The molecule has 2 N–H and O–H groups in total. The molecule has 8 heteroatoms. The van der Waals surface area contributed by atoms with Crippen LogP contribution >= 0.6 is 0 Å². The van der Waals surface area contributed by atoms with E-state index in [-0.39, 0.29) is 35.3 Å². The van der Waals surface area contributed by atoms with Gasteiger partial charge in [0.1, 0.15) is 34.3 Å². The van der Waals surface area contributed by atoms with Gasteiger partial charge in [-0.15, -0.1) is 0 Å². The Morgan fingerprint density at radius 3 is 2.52 bits per heavy atom. The molecule has 0 aromatic heterocycles. The Hall–Kier alpha value is -3.68. The van der Waals surface area contributed by atoms with Crippen LogP contribution in [-0.2, 0) is 17.9 Å². The predicted molar refractivity (Wildman–Crippen MR) is 114 cm³/mol. The number of amides is 2. The van der Waals surface area contributed by atoms with Crippen molar-refractivity contribution in [2.45, 2.75) is 26.9 Å². The molecule has 0 radical (unpaired) electrons. The van der Waals surface area contributed by atoms with Crippen LogP contribution in [0.1, 0.15) is 34.0 Å². The maximum atomic E-state index is 13.2. The molecule has 31 heavy (non-hydrogen) atoms. The Morgan fingerprint density at radius 1 is 1.16 bits per heavy atom. The number of hydrogen-bond acceptors (Lipinski definition) is 6. The molecule has 8 nitrogen and oxygen atoms in total. The van der Waals surface area contributed by atoms with Gasteiger partial charge in [0.15, 0.2) is 0 Å². The minimum absolute atomic E-state index is 0.000676. The van der Waals surface area contributed by atoms with Gasteiger partial charge in [-0.05, 0) is 25.5 Å². The minimum Gasteiger partial charge on any atom is -0.507 e. The lowest BCUT2D eigenvalue weighted by Gasteiger charge is -2.20. The van der Waals surface area contributed by atoms with E-state index < -0.39 is 5.91 Å².